The van der Waals surface area contributed by atoms with E-state index in [1.165, 1.54) is 11.8 Å². The van der Waals surface area contributed by atoms with Gasteiger partial charge in [0.1, 0.15) is 5.75 Å². The molecule has 8 heteroatoms. The van der Waals surface area contributed by atoms with Crippen molar-refractivity contribution in [3.8, 4) is 22.8 Å². The Morgan fingerprint density at radius 2 is 2.00 bits per heavy atom. The number of primary amides is 1. The maximum absolute atomic E-state index is 11.5. The second kappa shape index (κ2) is 8.45. The molecule has 1 amide bonds. The van der Waals surface area contributed by atoms with Crippen LogP contribution in [0.3, 0.4) is 0 Å². The van der Waals surface area contributed by atoms with E-state index in [1.807, 2.05) is 54.0 Å². The third-order valence-corrected chi connectivity index (χ3v) is 5.10. The number of hydrogen-bond acceptors (Lipinski definition) is 5. The fourth-order valence-electron chi connectivity index (χ4n) is 2.47. The normalized spacial score (nSPS) is 12.0. The van der Waals surface area contributed by atoms with E-state index in [0.29, 0.717) is 22.6 Å². The summed E-state index contributed by atoms with van der Waals surface area (Å²) in [6.07, 6.45) is 0. The van der Waals surface area contributed by atoms with E-state index in [9.17, 15) is 4.79 Å². The maximum Gasteiger partial charge on any atom is 0.230 e. The molecule has 3 aromatic rings. The van der Waals surface area contributed by atoms with Crippen LogP contribution in [0, 0.1) is 0 Å². The smallest absolute Gasteiger partial charge is 0.230 e. The van der Waals surface area contributed by atoms with Crippen LogP contribution < -0.4 is 10.5 Å². The Labute approximate surface area is 166 Å². The van der Waals surface area contributed by atoms with Crippen LogP contribution in [0.15, 0.2) is 53.7 Å². The van der Waals surface area contributed by atoms with Gasteiger partial charge in [-0.15, -0.1) is 10.2 Å². The van der Waals surface area contributed by atoms with E-state index < -0.39 is 11.2 Å². The van der Waals surface area contributed by atoms with Crippen LogP contribution in [0.4, 0.5) is 0 Å². The van der Waals surface area contributed by atoms with Crippen molar-refractivity contribution >= 4 is 29.3 Å². The molecule has 0 radical (unpaired) electrons. The van der Waals surface area contributed by atoms with Crippen LogP contribution in [0.25, 0.3) is 17.1 Å². The lowest BCUT2D eigenvalue weighted by Gasteiger charge is -2.13. The first-order valence-electron chi connectivity index (χ1n) is 8.40. The van der Waals surface area contributed by atoms with Crippen molar-refractivity contribution in [1.29, 1.82) is 0 Å². The van der Waals surface area contributed by atoms with Crippen molar-refractivity contribution in [2.24, 2.45) is 5.73 Å². The number of thioether (sulfide) groups is 1. The number of aromatic nitrogens is 3. The van der Waals surface area contributed by atoms with Gasteiger partial charge >= 0.3 is 0 Å². The third kappa shape index (κ3) is 4.43. The standard InChI is InChI=1S/C19H19ClN4O2S/c1-3-26-16-9-7-15(8-10-16)24-18(13-5-4-6-14(20)11-13)22-23-19(24)27-12(2)17(21)25/h4-12H,3H2,1-2H3,(H2,21,25)/t12-/m1/s1. The predicted molar refractivity (Wildman–Crippen MR) is 107 cm³/mol. The molecule has 6 nitrogen and oxygen atoms in total. The summed E-state index contributed by atoms with van der Waals surface area (Å²) in [5.74, 6) is 0.990. The lowest BCUT2D eigenvalue weighted by atomic mass is 10.2. The summed E-state index contributed by atoms with van der Waals surface area (Å²) in [6.45, 7) is 4.27. The van der Waals surface area contributed by atoms with Gasteiger partial charge in [-0.05, 0) is 50.2 Å². The first-order chi connectivity index (χ1) is 13.0. The highest BCUT2D eigenvalue weighted by Gasteiger charge is 2.20. The van der Waals surface area contributed by atoms with Crippen molar-refractivity contribution in [3.63, 3.8) is 0 Å². The number of halogens is 1. The molecule has 140 valence electrons. The highest BCUT2D eigenvalue weighted by Crippen LogP contribution is 2.31. The zero-order valence-corrected chi connectivity index (χ0v) is 16.5. The van der Waals surface area contributed by atoms with Gasteiger partial charge in [0.15, 0.2) is 11.0 Å². The number of benzene rings is 2. The van der Waals surface area contributed by atoms with E-state index in [4.69, 9.17) is 22.1 Å². The average molecular weight is 403 g/mol. The minimum atomic E-state index is -0.442. The lowest BCUT2D eigenvalue weighted by Crippen LogP contribution is -2.23. The fourth-order valence-corrected chi connectivity index (χ4v) is 3.48. The molecule has 1 heterocycles. The van der Waals surface area contributed by atoms with Crippen molar-refractivity contribution < 1.29 is 9.53 Å². The molecular formula is C19H19ClN4O2S. The SMILES string of the molecule is CCOc1ccc(-n2c(S[C@H](C)C(N)=O)nnc2-c2cccc(Cl)c2)cc1. The van der Waals surface area contributed by atoms with Gasteiger partial charge in [0, 0.05) is 16.3 Å². The average Bonchev–Trinajstić information content (AvgIpc) is 3.06. The van der Waals surface area contributed by atoms with Gasteiger partial charge in [-0.3, -0.25) is 9.36 Å². The van der Waals surface area contributed by atoms with E-state index in [0.717, 1.165) is 17.0 Å². The van der Waals surface area contributed by atoms with Crippen LogP contribution in [0.1, 0.15) is 13.8 Å². The number of carbonyl (C=O) groups is 1. The van der Waals surface area contributed by atoms with Crippen molar-refractivity contribution in [2.75, 3.05) is 6.61 Å². The number of carbonyl (C=O) groups excluding carboxylic acids is 1. The molecule has 0 aliphatic rings. The minimum absolute atomic E-state index is 0.412. The predicted octanol–water partition coefficient (Wildman–Crippen LogP) is 3.95. The first-order valence-corrected chi connectivity index (χ1v) is 9.66. The second-order valence-corrected chi connectivity index (χ2v) is 7.49. The largest absolute Gasteiger partial charge is 0.494 e. The molecule has 0 saturated carbocycles. The maximum atomic E-state index is 11.5. The van der Waals surface area contributed by atoms with E-state index in [1.54, 1.807) is 13.0 Å². The molecule has 27 heavy (non-hydrogen) atoms. The molecule has 2 aromatic carbocycles. The molecule has 3 rings (SSSR count). The molecule has 0 spiro atoms. The van der Waals surface area contributed by atoms with E-state index in [2.05, 4.69) is 10.2 Å². The highest BCUT2D eigenvalue weighted by molar-refractivity contribution is 8.00. The quantitative estimate of drug-likeness (QED) is 0.605. The molecule has 0 aliphatic heterocycles. The topological polar surface area (TPSA) is 83.0 Å². The van der Waals surface area contributed by atoms with Crippen LogP contribution >= 0.6 is 23.4 Å². The number of rotatable bonds is 7. The van der Waals surface area contributed by atoms with Gasteiger partial charge in [-0.2, -0.15) is 0 Å². The van der Waals surface area contributed by atoms with Crippen LogP contribution in [0.5, 0.6) is 5.75 Å². The van der Waals surface area contributed by atoms with Crippen LogP contribution in [0.2, 0.25) is 5.02 Å². The summed E-state index contributed by atoms with van der Waals surface area (Å²) in [5.41, 5.74) is 7.08. The molecule has 0 bridgehead atoms. The summed E-state index contributed by atoms with van der Waals surface area (Å²) in [4.78, 5) is 11.5. The van der Waals surface area contributed by atoms with Crippen LogP contribution in [-0.4, -0.2) is 32.5 Å². The number of nitrogens with two attached hydrogens (primary N) is 1. The number of amides is 1. The summed E-state index contributed by atoms with van der Waals surface area (Å²) >= 11 is 7.40. The molecule has 0 fully saturated rings. The number of ether oxygens (including phenoxy) is 1. The molecule has 0 saturated heterocycles. The van der Waals surface area contributed by atoms with Gasteiger partial charge in [0.25, 0.3) is 0 Å². The van der Waals surface area contributed by atoms with Crippen molar-refractivity contribution in [2.45, 2.75) is 24.3 Å². The molecule has 0 unspecified atom stereocenters. The Balaban J connectivity index is 2.09. The monoisotopic (exact) mass is 402 g/mol. The Morgan fingerprint density at radius 3 is 2.63 bits per heavy atom. The van der Waals surface area contributed by atoms with Crippen molar-refractivity contribution in [1.82, 2.24) is 14.8 Å². The van der Waals surface area contributed by atoms with Gasteiger partial charge in [-0.25, -0.2) is 0 Å². The Bertz CT molecular complexity index is 943. The molecule has 2 N–H and O–H groups in total. The van der Waals surface area contributed by atoms with Gasteiger partial charge in [0.2, 0.25) is 5.91 Å². The summed E-state index contributed by atoms with van der Waals surface area (Å²) < 4.78 is 7.39. The summed E-state index contributed by atoms with van der Waals surface area (Å²) in [7, 11) is 0. The van der Waals surface area contributed by atoms with E-state index in [-0.39, 0.29) is 0 Å². The Morgan fingerprint density at radius 1 is 1.26 bits per heavy atom. The van der Waals surface area contributed by atoms with E-state index >= 15 is 0 Å². The molecule has 0 aliphatic carbocycles. The molecule has 1 aromatic heterocycles. The van der Waals surface area contributed by atoms with Gasteiger partial charge < -0.3 is 10.5 Å². The number of hydrogen-bond donors (Lipinski definition) is 1. The number of nitrogens with zero attached hydrogens (tertiary/aromatic N) is 3. The molecule has 1 atom stereocenters. The fraction of sp³-hybridized carbons (Fsp3) is 0.211. The zero-order chi connectivity index (χ0) is 19.4. The van der Waals surface area contributed by atoms with Crippen molar-refractivity contribution in [3.05, 3.63) is 53.6 Å². The summed E-state index contributed by atoms with van der Waals surface area (Å²) in [5, 5.41) is 9.33. The third-order valence-electron chi connectivity index (χ3n) is 3.80. The van der Waals surface area contributed by atoms with Gasteiger partial charge in [0.05, 0.1) is 11.9 Å². The minimum Gasteiger partial charge on any atom is -0.494 e. The first kappa shape index (κ1) is 19.3. The lowest BCUT2D eigenvalue weighted by molar-refractivity contribution is -0.117. The zero-order valence-electron chi connectivity index (χ0n) is 14.9. The Kier molecular flexibility index (Phi) is 6.03. The Hall–Kier alpha value is -2.51. The highest BCUT2D eigenvalue weighted by atomic mass is 35.5. The summed E-state index contributed by atoms with van der Waals surface area (Å²) in [6, 6.07) is 15.0. The molecular weight excluding hydrogens is 384 g/mol. The second-order valence-electron chi connectivity index (χ2n) is 5.74. The van der Waals surface area contributed by atoms with Crippen LogP contribution in [-0.2, 0) is 4.79 Å². The van der Waals surface area contributed by atoms with Gasteiger partial charge in [-0.1, -0.05) is 35.5 Å².